The van der Waals surface area contributed by atoms with Gasteiger partial charge < -0.3 is 20.1 Å². The molecule has 1 saturated heterocycles. The first-order chi connectivity index (χ1) is 15.7. The van der Waals surface area contributed by atoms with E-state index < -0.39 is 5.97 Å². The van der Waals surface area contributed by atoms with E-state index >= 15 is 0 Å². The van der Waals surface area contributed by atoms with Gasteiger partial charge in [0.15, 0.2) is 5.69 Å². The van der Waals surface area contributed by atoms with Crippen molar-refractivity contribution in [1.29, 1.82) is 0 Å². The fourth-order valence-corrected chi connectivity index (χ4v) is 5.25. The van der Waals surface area contributed by atoms with Crippen molar-refractivity contribution < 1.29 is 14.6 Å². The van der Waals surface area contributed by atoms with Crippen LogP contribution in [0.25, 0.3) is 21.0 Å². The minimum Gasteiger partial charge on any atom is -0.493 e. The quantitative estimate of drug-likeness (QED) is 0.397. The Morgan fingerprint density at radius 1 is 1.19 bits per heavy atom. The number of ether oxygens (including phenoxy) is 1. The van der Waals surface area contributed by atoms with Gasteiger partial charge >= 0.3 is 5.97 Å². The Hall–Kier alpha value is -3.16. The number of rotatable bonds is 7. The van der Waals surface area contributed by atoms with Crippen molar-refractivity contribution >= 4 is 44.0 Å². The maximum absolute atomic E-state index is 11.4. The molecular weight excluding hydrogens is 422 g/mol. The lowest BCUT2D eigenvalue weighted by Crippen LogP contribution is -2.51. The van der Waals surface area contributed by atoms with E-state index in [1.165, 1.54) is 21.8 Å². The zero-order valence-electron chi connectivity index (χ0n) is 17.7. The van der Waals surface area contributed by atoms with Crippen LogP contribution in [-0.2, 0) is 0 Å². The topological polar surface area (TPSA) is 74.7 Å². The molecule has 2 N–H and O–H groups in total. The van der Waals surface area contributed by atoms with E-state index in [9.17, 15) is 9.90 Å². The number of nitrogens with zero attached hydrogens (tertiary/aromatic N) is 2. The summed E-state index contributed by atoms with van der Waals surface area (Å²) in [5, 5.41) is 17.2. The molecule has 32 heavy (non-hydrogen) atoms. The zero-order valence-corrected chi connectivity index (χ0v) is 18.5. The van der Waals surface area contributed by atoms with Crippen LogP contribution in [-0.4, -0.2) is 48.3 Å². The van der Waals surface area contributed by atoms with Crippen molar-refractivity contribution in [3.05, 3.63) is 65.7 Å². The van der Waals surface area contributed by atoms with Crippen LogP contribution in [0.15, 0.2) is 60.0 Å². The number of aromatic carboxylic acids is 1. The fraction of sp³-hybridized carbons (Fsp3) is 0.280. The van der Waals surface area contributed by atoms with Gasteiger partial charge in [-0.2, -0.15) is 0 Å². The number of piperazine rings is 1. The molecule has 0 spiro atoms. The van der Waals surface area contributed by atoms with Crippen LogP contribution in [0.2, 0.25) is 0 Å². The molecule has 1 unspecified atom stereocenters. The number of carbonyl (C=O) groups is 1. The molecule has 2 aromatic heterocycles. The Labute approximate surface area is 190 Å². The number of nitrogens with one attached hydrogen (secondary N) is 1. The molecule has 0 aliphatic carbocycles. The number of pyridine rings is 1. The van der Waals surface area contributed by atoms with Gasteiger partial charge in [-0.3, -0.25) is 0 Å². The monoisotopic (exact) mass is 447 g/mol. The van der Waals surface area contributed by atoms with Crippen LogP contribution in [0.5, 0.6) is 5.75 Å². The third kappa shape index (κ3) is 4.13. The second-order valence-electron chi connectivity index (χ2n) is 7.98. The molecule has 1 aliphatic heterocycles. The summed E-state index contributed by atoms with van der Waals surface area (Å²) >= 11 is 1.78. The number of hydrogen-bond acceptors (Lipinski definition) is 6. The highest BCUT2D eigenvalue weighted by Crippen LogP contribution is 2.33. The molecule has 0 bridgehead atoms. The molecule has 2 aromatic carbocycles. The number of para-hydroxylation sites is 1. The Morgan fingerprint density at radius 2 is 2.09 bits per heavy atom. The third-order valence-electron chi connectivity index (χ3n) is 5.97. The van der Waals surface area contributed by atoms with E-state index in [0.29, 0.717) is 23.9 Å². The molecule has 7 heteroatoms. The normalized spacial score (nSPS) is 16.5. The summed E-state index contributed by atoms with van der Waals surface area (Å²) < 4.78 is 7.38. The molecule has 0 saturated carbocycles. The van der Waals surface area contributed by atoms with E-state index in [1.54, 1.807) is 11.3 Å². The van der Waals surface area contributed by atoms with Gasteiger partial charge in [-0.05, 0) is 48.6 Å². The number of thiophene rings is 1. The third-order valence-corrected chi connectivity index (χ3v) is 6.85. The summed E-state index contributed by atoms with van der Waals surface area (Å²) in [4.78, 5) is 18.2. The highest BCUT2D eigenvalue weighted by Gasteiger charge is 2.23. The molecule has 3 heterocycles. The molecule has 0 amide bonds. The largest absolute Gasteiger partial charge is 0.493 e. The molecule has 1 atom stereocenters. The standard InChI is InChI=1S/C25H25N3O3S/c29-25(30)21-15-23(18-6-1-2-7-20(18)27-21)31-13-4-5-17-16-26-11-12-28(17)22-8-3-9-24-19(22)10-14-32-24/h1-3,6-10,14-15,17,26H,4-5,11-13,16H2,(H,29,30). The molecule has 4 aromatic rings. The van der Waals surface area contributed by atoms with Crippen LogP contribution in [0.3, 0.4) is 0 Å². The summed E-state index contributed by atoms with van der Waals surface area (Å²) in [5.74, 6) is -0.471. The Balaban J connectivity index is 1.28. The average molecular weight is 448 g/mol. The maximum atomic E-state index is 11.4. The fourth-order valence-electron chi connectivity index (χ4n) is 4.44. The van der Waals surface area contributed by atoms with Gasteiger partial charge in [0.05, 0.1) is 12.1 Å². The predicted octanol–water partition coefficient (Wildman–Crippen LogP) is 4.79. The molecule has 5 rings (SSSR count). The van der Waals surface area contributed by atoms with Crippen molar-refractivity contribution in [2.24, 2.45) is 0 Å². The van der Waals surface area contributed by atoms with Crippen molar-refractivity contribution in [1.82, 2.24) is 10.3 Å². The van der Waals surface area contributed by atoms with Gasteiger partial charge in [0.25, 0.3) is 0 Å². The smallest absolute Gasteiger partial charge is 0.354 e. The number of fused-ring (bicyclic) bond motifs is 2. The van der Waals surface area contributed by atoms with E-state index in [2.05, 4.69) is 44.8 Å². The van der Waals surface area contributed by atoms with Gasteiger partial charge in [0.2, 0.25) is 0 Å². The first-order valence-corrected chi connectivity index (χ1v) is 11.8. The molecule has 1 fully saturated rings. The Bertz CT molecular complexity index is 1260. The molecule has 164 valence electrons. The molecule has 6 nitrogen and oxygen atoms in total. The highest BCUT2D eigenvalue weighted by atomic mass is 32.1. The first kappa shape index (κ1) is 20.7. The van der Waals surface area contributed by atoms with Crippen LogP contribution >= 0.6 is 11.3 Å². The van der Waals surface area contributed by atoms with Crippen LogP contribution < -0.4 is 15.0 Å². The van der Waals surface area contributed by atoms with Gasteiger partial charge in [-0.1, -0.05) is 18.2 Å². The van der Waals surface area contributed by atoms with Gasteiger partial charge in [0, 0.05) is 52.9 Å². The van der Waals surface area contributed by atoms with E-state index in [-0.39, 0.29) is 5.69 Å². The summed E-state index contributed by atoms with van der Waals surface area (Å²) in [6, 6.07) is 18.2. The molecular formula is C25H25N3O3S. The Morgan fingerprint density at radius 3 is 3.00 bits per heavy atom. The van der Waals surface area contributed by atoms with Gasteiger partial charge in [-0.15, -0.1) is 11.3 Å². The lowest BCUT2D eigenvalue weighted by Gasteiger charge is -2.38. The number of aromatic nitrogens is 1. The second-order valence-corrected chi connectivity index (χ2v) is 8.93. The van der Waals surface area contributed by atoms with Gasteiger partial charge in [-0.25, -0.2) is 9.78 Å². The first-order valence-electron chi connectivity index (χ1n) is 10.9. The minimum atomic E-state index is -1.05. The van der Waals surface area contributed by atoms with Crippen molar-refractivity contribution in [3.63, 3.8) is 0 Å². The number of carboxylic acid groups (broad SMARTS) is 1. The zero-order chi connectivity index (χ0) is 21.9. The second kappa shape index (κ2) is 9.14. The summed E-state index contributed by atoms with van der Waals surface area (Å²) in [5.41, 5.74) is 1.95. The van der Waals surface area contributed by atoms with E-state index in [0.717, 1.165) is 37.9 Å². The minimum absolute atomic E-state index is 0.00483. The summed E-state index contributed by atoms with van der Waals surface area (Å²) in [6.07, 6.45) is 1.86. The summed E-state index contributed by atoms with van der Waals surface area (Å²) in [7, 11) is 0. The van der Waals surface area contributed by atoms with Gasteiger partial charge in [0.1, 0.15) is 5.75 Å². The average Bonchev–Trinajstić information content (AvgIpc) is 3.31. The highest BCUT2D eigenvalue weighted by molar-refractivity contribution is 7.17. The summed E-state index contributed by atoms with van der Waals surface area (Å²) in [6.45, 7) is 3.44. The van der Waals surface area contributed by atoms with Crippen LogP contribution in [0, 0.1) is 0 Å². The van der Waals surface area contributed by atoms with Crippen molar-refractivity contribution in [2.45, 2.75) is 18.9 Å². The van der Waals surface area contributed by atoms with E-state index in [1.807, 2.05) is 24.3 Å². The van der Waals surface area contributed by atoms with E-state index in [4.69, 9.17) is 4.74 Å². The lowest BCUT2D eigenvalue weighted by molar-refractivity contribution is 0.0690. The molecule has 0 radical (unpaired) electrons. The number of carboxylic acids is 1. The number of hydrogen-bond donors (Lipinski definition) is 2. The maximum Gasteiger partial charge on any atom is 0.354 e. The predicted molar refractivity (Wildman–Crippen MR) is 129 cm³/mol. The SMILES string of the molecule is O=C(O)c1cc(OCCCC2CNCCN2c2cccc3sccc23)c2ccccc2n1. The number of anilines is 1. The van der Waals surface area contributed by atoms with Crippen LogP contribution in [0.4, 0.5) is 5.69 Å². The van der Waals surface area contributed by atoms with Crippen molar-refractivity contribution in [2.75, 3.05) is 31.1 Å². The lowest BCUT2D eigenvalue weighted by atomic mass is 10.1. The van der Waals surface area contributed by atoms with Crippen LogP contribution in [0.1, 0.15) is 23.3 Å². The number of benzene rings is 2. The molecule has 1 aliphatic rings. The Kier molecular flexibility index (Phi) is 5.92. The van der Waals surface area contributed by atoms with Crippen molar-refractivity contribution in [3.8, 4) is 5.75 Å².